The number of hydrogen-bond acceptors (Lipinski definition) is 7. The van der Waals surface area contributed by atoms with Gasteiger partial charge in [-0.1, -0.05) is 6.92 Å². The molecule has 0 aliphatic rings. The van der Waals surface area contributed by atoms with Crippen LogP contribution in [0.4, 0.5) is 4.39 Å². The van der Waals surface area contributed by atoms with Crippen LogP contribution in [0.15, 0.2) is 40.6 Å². The Balaban J connectivity index is 1.56. The first kappa shape index (κ1) is 27.9. The lowest BCUT2D eigenvalue weighted by Gasteiger charge is -2.21. The number of ether oxygens (including phenoxy) is 3. The zero-order valence-corrected chi connectivity index (χ0v) is 22.6. The predicted molar refractivity (Wildman–Crippen MR) is 139 cm³/mol. The minimum atomic E-state index is -3.69. The van der Waals surface area contributed by atoms with Crippen LogP contribution in [0.3, 0.4) is 0 Å². The summed E-state index contributed by atoms with van der Waals surface area (Å²) in [7, 11) is -2.38. The van der Waals surface area contributed by atoms with Gasteiger partial charge >= 0.3 is 5.97 Å². The minimum absolute atomic E-state index is 0.160. The lowest BCUT2D eigenvalue weighted by molar-refractivity contribution is -0.142. The summed E-state index contributed by atoms with van der Waals surface area (Å²) in [6.45, 7) is 6.60. The third-order valence-electron chi connectivity index (χ3n) is 5.69. The monoisotopic (exact) mass is 537 g/mol. The molecule has 0 aliphatic carbocycles. The number of hydrogen-bond donors (Lipinski definition) is 0. The fourth-order valence-corrected chi connectivity index (χ4v) is 7.24. The highest BCUT2D eigenvalue weighted by molar-refractivity contribution is 7.91. The number of unbranched alkanes of at least 4 members (excludes halogenated alkanes) is 1. The molecule has 7 nitrogen and oxygen atoms in total. The summed E-state index contributed by atoms with van der Waals surface area (Å²) in [6, 6.07) is 9.70. The van der Waals surface area contributed by atoms with Gasteiger partial charge in [-0.3, -0.25) is 0 Å². The maximum atomic E-state index is 13.7. The van der Waals surface area contributed by atoms with Crippen molar-refractivity contribution in [1.29, 1.82) is 0 Å². The van der Waals surface area contributed by atoms with Crippen molar-refractivity contribution in [3.05, 3.63) is 53.3 Å². The standard InChI is InChI=1S/C26H32FNO6S2/c1-5-12-28(36(30,31)26-19(3)22-16-20(27)8-11-24(22)35-26)13-6-7-14-33-21-9-10-23(18(2)15-21)34-17-25(29)32-4/h8-11,15-16H,5-7,12-14,17H2,1-4H3. The van der Waals surface area contributed by atoms with Gasteiger partial charge in [0.05, 0.1) is 13.7 Å². The number of halogens is 1. The van der Waals surface area contributed by atoms with Crippen molar-refractivity contribution in [2.45, 2.75) is 44.2 Å². The topological polar surface area (TPSA) is 82.1 Å². The van der Waals surface area contributed by atoms with E-state index in [0.29, 0.717) is 61.4 Å². The molecule has 0 spiro atoms. The van der Waals surface area contributed by atoms with Gasteiger partial charge in [0.2, 0.25) is 0 Å². The number of fused-ring (bicyclic) bond motifs is 1. The van der Waals surface area contributed by atoms with E-state index in [1.165, 1.54) is 34.9 Å². The first-order valence-corrected chi connectivity index (χ1v) is 14.0. The van der Waals surface area contributed by atoms with E-state index in [0.717, 1.165) is 10.3 Å². The van der Waals surface area contributed by atoms with Crippen LogP contribution in [0, 0.1) is 19.7 Å². The molecule has 0 bridgehead atoms. The fourth-order valence-electron chi connectivity index (χ4n) is 3.79. The third kappa shape index (κ3) is 6.74. The van der Waals surface area contributed by atoms with Crippen LogP contribution >= 0.6 is 11.3 Å². The largest absolute Gasteiger partial charge is 0.494 e. The van der Waals surface area contributed by atoms with E-state index < -0.39 is 16.0 Å². The molecule has 1 aromatic heterocycles. The first-order chi connectivity index (χ1) is 17.2. The number of aryl methyl sites for hydroxylation is 2. The van der Waals surface area contributed by atoms with Crippen molar-refractivity contribution < 1.29 is 31.8 Å². The van der Waals surface area contributed by atoms with Crippen molar-refractivity contribution in [2.75, 3.05) is 33.4 Å². The molecule has 0 fully saturated rings. The summed E-state index contributed by atoms with van der Waals surface area (Å²) < 4.78 is 58.9. The Morgan fingerprint density at radius 2 is 1.83 bits per heavy atom. The van der Waals surface area contributed by atoms with Gasteiger partial charge in [0.25, 0.3) is 10.0 Å². The molecule has 3 aromatic rings. The summed E-state index contributed by atoms with van der Waals surface area (Å²) in [5.41, 5.74) is 1.42. The van der Waals surface area contributed by atoms with Crippen molar-refractivity contribution in [3.8, 4) is 11.5 Å². The van der Waals surface area contributed by atoms with E-state index in [1.54, 1.807) is 25.1 Å². The quantitative estimate of drug-likeness (QED) is 0.212. The van der Waals surface area contributed by atoms with Crippen molar-refractivity contribution in [1.82, 2.24) is 4.31 Å². The van der Waals surface area contributed by atoms with Gasteiger partial charge in [0, 0.05) is 17.8 Å². The first-order valence-electron chi connectivity index (χ1n) is 11.8. The molecule has 0 saturated carbocycles. The average Bonchev–Trinajstić information content (AvgIpc) is 3.18. The summed E-state index contributed by atoms with van der Waals surface area (Å²) in [5, 5.41) is 0.639. The molecule has 36 heavy (non-hydrogen) atoms. The zero-order chi connectivity index (χ0) is 26.3. The number of carbonyl (C=O) groups excluding carboxylic acids is 1. The highest BCUT2D eigenvalue weighted by atomic mass is 32.2. The van der Waals surface area contributed by atoms with Gasteiger partial charge in [-0.2, -0.15) is 4.31 Å². The number of thiophene rings is 1. The van der Waals surface area contributed by atoms with E-state index >= 15 is 0 Å². The Bertz CT molecular complexity index is 1310. The smallest absolute Gasteiger partial charge is 0.343 e. The van der Waals surface area contributed by atoms with Crippen molar-refractivity contribution in [2.24, 2.45) is 0 Å². The highest BCUT2D eigenvalue weighted by Crippen LogP contribution is 2.36. The maximum absolute atomic E-state index is 13.7. The number of methoxy groups -OCH3 is 1. The summed E-state index contributed by atoms with van der Waals surface area (Å²) in [4.78, 5) is 11.2. The molecule has 0 unspecified atom stereocenters. The predicted octanol–water partition coefficient (Wildman–Crippen LogP) is 5.47. The summed E-state index contributed by atoms with van der Waals surface area (Å²) in [5.74, 6) is 0.415. The van der Waals surface area contributed by atoms with Crippen molar-refractivity contribution in [3.63, 3.8) is 0 Å². The Hall–Kier alpha value is -2.69. The average molecular weight is 538 g/mol. The second-order valence-electron chi connectivity index (χ2n) is 8.41. The number of benzene rings is 2. The normalized spacial score (nSPS) is 11.7. The Kier molecular flexibility index (Phi) is 9.69. The lowest BCUT2D eigenvalue weighted by atomic mass is 10.2. The van der Waals surface area contributed by atoms with E-state index in [-0.39, 0.29) is 16.6 Å². The van der Waals surface area contributed by atoms with Gasteiger partial charge in [0.15, 0.2) is 6.61 Å². The molecule has 0 N–H and O–H groups in total. The van der Waals surface area contributed by atoms with Crippen LogP contribution in [0.25, 0.3) is 10.1 Å². The summed E-state index contributed by atoms with van der Waals surface area (Å²) >= 11 is 1.19. The number of carbonyl (C=O) groups is 1. The molecule has 0 saturated heterocycles. The van der Waals surface area contributed by atoms with Crippen LogP contribution in [0.1, 0.15) is 37.3 Å². The van der Waals surface area contributed by atoms with Crippen LogP contribution in [0.2, 0.25) is 0 Å². The fraction of sp³-hybridized carbons (Fsp3) is 0.423. The van der Waals surface area contributed by atoms with Gasteiger partial charge in [-0.15, -0.1) is 11.3 Å². The number of nitrogens with zero attached hydrogens (tertiary/aromatic N) is 1. The van der Waals surface area contributed by atoms with Gasteiger partial charge in [-0.25, -0.2) is 17.6 Å². The molecule has 196 valence electrons. The number of rotatable bonds is 13. The molecule has 2 aromatic carbocycles. The molecule has 0 radical (unpaired) electrons. The van der Waals surface area contributed by atoms with Crippen LogP contribution in [-0.2, 0) is 19.6 Å². The van der Waals surface area contributed by atoms with E-state index in [4.69, 9.17) is 9.47 Å². The van der Waals surface area contributed by atoms with E-state index in [1.807, 2.05) is 19.9 Å². The summed E-state index contributed by atoms with van der Waals surface area (Å²) in [6.07, 6.45) is 2.00. The molecular weight excluding hydrogens is 505 g/mol. The van der Waals surface area contributed by atoms with Crippen LogP contribution in [-0.4, -0.2) is 52.1 Å². The highest BCUT2D eigenvalue weighted by Gasteiger charge is 2.28. The molecule has 0 amide bonds. The zero-order valence-electron chi connectivity index (χ0n) is 21.0. The van der Waals surface area contributed by atoms with Gasteiger partial charge in [0.1, 0.15) is 21.5 Å². The molecule has 0 atom stereocenters. The Morgan fingerprint density at radius 1 is 1.06 bits per heavy atom. The van der Waals surface area contributed by atoms with Crippen LogP contribution < -0.4 is 9.47 Å². The molecule has 1 heterocycles. The lowest BCUT2D eigenvalue weighted by Crippen LogP contribution is -2.32. The SMILES string of the molecule is CCCN(CCCCOc1ccc(OCC(=O)OC)c(C)c1)S(=O)(=O)c1sc2ccc(F)cc2c1C. The van der Waals surface area contributed by atoms with Gasteiger partial charge in [-0.05, 0) is 86.0 Å². The Labute approximate surface area is 215 Å². The molecule has 10 heteroatoms. The second kappa shape index (κ2) is 12.5. The third-order valence-corrected chi connectivity index (χ3v) is 9.46. The minimum Gasteiger partial charge on any atom is -0.494 e. The maximum Gasteiger partial charge on any atom is 0.343 e. The van der Waals surface area contributed by atoms with Crippen LogP contribution in [0.5, 0.6) is 11.5 Å². The molecular formula is C26H32FNO6S2. The molecule has 0 aliphatic heterocycles. The van der Waals surface area contributed by atoms with Gasteiger partial charge < -0.3 is 14.2 Å². The molecule has 3 rings (SSSR count). The van der Waals surface area contributed by atoms with Crippen molar-refractivity contribution >= 4 is 37.4 Å². The van der Waals surface area contributed by atoms with E-state index in [9.17, 15) is 17.6 Å². The van der Waals surface area contributed by atoms with E-state index in [2.05, 4.69) is 4.74 Å². The Morgan fingerprint density at radius 3 is 2.53 bits per heavy atom. The number of sulfonamides is 1. The second-order valence-corrected chi connectivity index (χ2v) is 11.6. The number of esters is 1.